The molecule has 0 spiro atoms. The largest absolute Gasteiger partial charge is 0.489 e. The van der Waals surface area contributed by atoms with E-state index in [0.717, 1.165) is 0 Å². The Morgan fingerprint density at radius 3 is 2.39 bits per heavy atom. The Morgan fingerprint density at radius 1 is 1.02 bits per heavy atom. The van der Waals surface area contributed by atoms with Crippen LogP contribution in [0.5, 0.6) is 5.75 Å². The summed E-state index contributed by atoms with van der Waals surface area (Å²) in [5, 5.41) is 5.70. The Bertz CT molecular complexity index is 1630. The number of nitrogens with one attached hydrogen (secondary N) is 2. The van der Waals surface area contributed by atoms with Gasteiger partial charge in [-0.05, 0) is 63.2 Å². The Balaban J connectivity index is 1.55. The highest BCUT2D eigenvalue weighted by Crippen LogP contribution is 2.29. The van der Waals surface area contributed by atoms with E-state index in [9.17, 15) is 22.8 Å². The number of amides is 3. The molecule has 2 aromatic heterocycles. The number of piperidine rings is 1. The molecule has 14 heteroatoms. The normalized spacial score (nSPS) is 14.1. The summed E-state index contributed by atoms with van der Waals surface area (Å²) in [6, 6.07) is 10.2. The molecule has 0 bridgehead atoms. The second kappa shape index (κ2) is 13.6. The van der Waals surface area contributed by atoms with Crippen LogP contribution in [0.25, 0.3) is 0 Å². The lowest BCUT2D eigenvalue weighted by Gasteiger charge is -2.33. The van der Waals surface area contributed by atoms with E-state index in [0.29, 0.717) is 31.0 Å². The van der Waals surface area contributed by atoms with Crippen LogP contribution in [0.4, 0.5) is 16.3 Å². The standard InChI is InChI=1S/C30H34ClN5O7S/c1-5-44(40,41)21-9-10-22(24(17-21)42-20-12-15-36(16-13-20)29(39)43-30(2,3)4)27(37)34-23-7-6-14-32-26(23)28(38)35-25-11-8-19(31)18-33-25/h6-11,14,17-18,20H,5,12-13,15-16H2,1-4H3,(H,34,37)(H,33,35,38). The van der Waals surface area contributed by atoms with Gasteiger partial charge in [-0.2, -0.15) is 0 Å². The van der Waals surface area contributed by atoms with Crippen LogP contribution in [0.1, 0.15) is 61.4 Å². The number of sulfone groups is 1. The summed E-state index contributed by atoms with van der Waals surface area (Å²) in [5.74, 6) is -1.09. The molecule has 1 fully saturated rings. The van der Waals surface area contributed by atoms with Crippen molar-refractivity contribution in [1.29, 1.82) is 0 Å². The minimum Gasteiger partial charge on any atom is -0.489 e. The van der Waals surface area contributed by atoms with Crippen molar-refractivity contribution in [2.24, 2.45) is 0 Å². The van der Waals surface area contributed by atoms with E-state index < -0.39 is 39.4 Å². The van der Waals surface area contributed by atoms with E-state index >= 15 is 0 Å². The number of carbonyl (C=O) groups excluding carboxylic acids is 3. The summed E-state index contributed by atoms with van der Waals surface area (Å²) < 4.78 is 37.0. The third-order valence-electron chi connectivity index (χ3n) is 6.56. The van der Waals surface area contributed by atoms with Crippen LogP contribution in [0.3, 0.4) is 0 Å². The predicted molar refractivity (Wildman–Crippen MR) is 165 cm³/mol. The van der Waals surface area contributed by atoms with Crippen molar-refractivity contribution < 1.29 is 32.3 Å². The van der Waals surface area contributed by atoms with E-state index in [-0.39, 0.29) is 39.2 Å². The maximum Gasteiger partial charge on any atom is 0.410 e. The van der Waals surface area contributed by atoms with Crippen molar-refractivity contribution in [3.8, 4) is 5.75 Å². The summed E-state index contributed by atoms with van der Waals surface area (Å²) in [6.07, 6.45) is 2.85. The van der Waals surface area contributed by atoms with Gasteiger partial charge in [0, 0.05) is 38.3 Å². The minimum absolute atomic E-state index is 0.00894. The van der Waals surface area contributed by atoms with E-state index in [1.54, 1.807) is 37.8 Å². The number of hydrogen-bond donors (Lipinski definition) is 2. The van der Waals surface area contributed by atoms with E-state index in [2.05, 4.69) is 20.6 Å². The SMILES string of the molecule is CCS(=O)(=O)c1ccc(C(=O)Nc2cccnc2C(=O)Nc2ccc(Cl)cn2)c(OC2CCN(C(=O)OC(C)(C)C)CC2)c1. The zero-order chi connectivity index (χ0) is 32.1. The molecular formula is C30H34ClN5O7S. The van der Waals surface area contributed by atoms with Crippen LogP contribution in [0.15, 0.2) is 59.8 Å². The molecule has 3 amide bonds. The molecule has 0 radical (unpaired) electrons. The van der Waals surface area contributed by atoms with Gasteiger partial charge in [-0.15, -0.1) is 0 Å². The molecule has 0 saturated carbocycles. The van der Waals surface area contributed by atoms with Crippen molar-refractivity contribution >= 4 is 50.9 Å². The molecule has 3 heterocycles. The van der Waals surface area contributed by atoms with Crippen LogP contribution in [-0.4, -0.2) is 71.7 Å². The molecule has 2 N–H and O–H groups in total. The summed E-state index contributed by atoms with van der Waals surface area (Å²) >= 11 is 5.86. The molecule has 0 atom stereocenters. The van der Waals surface area contributed by atoms with E-state index in [1.165, 1.54) is 49.6 Å². The molecule has 4 rings (SSSR count). The van der Waals surface area contributed by atoms with Gasteiger partial charge in [0.05, 0.1) is 26.9 Å². The molecule has 1 aromatic carbocycles. The zero-order valence-electron chi connectivity index (χ0n) is 24.8. The topological polar surface area (TPSA) is 157 Å². The summed E-state index contributed by atoms with van der Waals surface area (Å²) in [4.78, 5) is 48.8. The molecule has 1 aliphatic rings. The number of hydrogen-bond acceptors (Lipinski definition) is 9. The number of pyridine rings is 2. The molecule has 12 nitrogen and oxygen atoms in total. The lowest BCUT2D eigenvalue weighted by Crippen LogP contribution is -2.44. The van der Waals surface area contributed by atoms with Crippen LogP contribution < -0.4 is 15.4 Å². The molecular weight excluding hydrogens is 610 g/mol. The number of rotatable bonds is 8. The number of likely N-dealkylation sites (tertiary alicyclic amines) is 1. The number of halogens is 1. The average molecular weight is 644 g/mol. The van der Waals surface area contributed by atoms with Gasteiger partial charge in [-0.25, -0.2) is 23.2 Å². The fourth-order valence-corrected chi connectivity index (χ4v) is 5.32. The number of aromatic nitrogens is 2. The van der Waals surface area contributed by atoms with Gasteiger partial charge >= 0.3 is 6.09 Å². The first-order chi connectivity index (χ1) is 20.8. The second-order valence-electron chi connectivity index (χ2n) is 11.0. The van der Waals surface area contributed by atoms with Gasteiger partial charge in [0.2, 0.25) is 0 Å². The highest BCUT2D eigenvalue weighted by molar-refractivity contribution is 7.91. The van der Waals surface area contributed by atoms with Crippen molar-refractivity contribution in [3.63, 3.8) is 0 Å². The molecule has 1 aliphatic heterocycles. The molecule has 0 aliphatic carbocycles. The van der Waals surface area contributed by atoms with Gasteiger partial charge in [0.1, 0.15) is 23.3 Å². The molecule has 44 heavy (non-hydrogen) atoms. The third-order valence-corrected chi connectivity index (χ3v) is 8.52. The molecule has 0 unspecified atom stereocenters. The minimum atomic E-state index is -3.61. The van der Waals surface area contributed by atoms with E-state index in [1.807, 2.05) is 0 Å². The van der Waals surface area contributed by atoms with Gasteiger partial charge < -0.3 is 25.0 Å². The first-order valence-corrected chi connectivity index (χ1v) is 16.0. The number of anilines is 2. The number of ether oxygens (including phenoxy) is 2. The summed E-state index contributed by atoms with van der Waals surface area (Å²) in [5.41, 5.74) is -0.519. The van der Waals surface area contributed by atoms with Gasteiger partial charge in [-0.3, -0.25) is 9.59 Å². The van der Waals surface area contributed by atoms with Crippen molar-refractivity contribution in [2.45, 2.75) is 57.1 Å². The van der Waals surface area contributed by atoms with Crippen LogP contribution in [-0.2, 0) is 14.6 Å². The Hall–Kier alpha value is -4.23. The molecule has 1 saturated heterocycles. The van der Waals surface area contributed by atoms with Crippen molar-refractivity contribution in [3.05, 3.63) is 71.1 Å². The van der Waals surface area contributed by atoms with Crippen LogP contribution in [0.2, 0.25) is 5.02 Å². The summed E-state index contributed by atoms with van der Waals surface area (Å²) in [6.45, 7) is 7.64. The monoisotopic (exact) mass is 643 g/mol. The van der Waals surface area contributed by atoms with Gasteiger partial charge in [-0.1, -0.05) is 18.5 Å². The molecule has 3 aromatic rings. The number of carbonyl (C=O) groups is 3. The highest BCUT2D eigenvalue weighted by atomic mass is 35.5. The maximum absolute atomic E-state index is 13.6. The Morgan fingerprint density at radius 2 is 1.75 bits per heavy atom. The lowest BCUT2D eigenvalue weighted by atomic mass is 10.1. The van der Waals surface area contributed by atoms with Gasteiger partial charge in [0.15, 0.2) is 15.5 Å². The second-order valence-corrected chi connectivity index (χ2v) is 13.7. The van der Waals surface area contributed by atoms with Crippen LogP contribution in [0, 0.1) is 0 Å². The van der Waals surface area contributed by atoms with Gasteiger partial charge in [0.25, 0.3) is 11.8 Å². The Kier molecular flexibility index (Phi) is 10.1. The smallest absolute Gasteiger partial charge is 0.410 e. The highest BCUT2D eigenvalue weighted by Gasteiger charge is 2.29. The van der Waals surface area contributed by atoms with E-state index in [4.69, 9.17) is 21.1 Å². The average Bonchev–Trinajstić information content (AvgIpc) is 2.98. The number of benzene rings is 1. The Labute approximate surface area is 261 Å². The fraction of sp³-hybridized carbons (Fsp3) is 0.367. The first kappa shape index (κ1) is 32.7. The van der Waals surface area contributed by atoms with Crippen molar-refractivity contribution in [1.82, 2.24) is 14.9 Å². The maximum atomic E-state index is 13.6. The zero-order valence-corrected chi connectivity index (χ0v) is 26.4. The molecule has 234 valence electrons. The predicted octanol–water partition coefficient (Wildman–Crippen LogP) is 5.21. The first-order valence-electron chi connectivity index (χ1n) is 14.0. The van der Waals surface area contributed by atoms with Crippen LogP contribution >= 0.6 is 11.6 Å². The third kappa shape index (κ3) is 8.44. The number of nitrogens with zero attached hydrogens (tertiary/aromatic N) is 3. The summed E-state index contributed by atoms with van der Waals surface area (Å²) in [7, 11) is -3.61. The van der Waals surface area contributed by atoms with Crippen molar-refractivity contribution in [2.75, 3.05) is 29.5 Å². The fourth-order valence-electron chi connectivity index (χ4n) is 4.31. The lowest BCUT2D eigenvalue weighted by molar-refractivity contribution is 0.0126. The quantitative estimate of drug-likeness (QED) is 0.336.